The number of rotatable bonds is 7. The first-order valence-electron chi connectivity index (χ1n) is 6.89. The van der Waals surface area contributed by atoms with E-state index in [9.17, 15) is 0 Å². The molecular weight excluding hydrogens is 417 g/mol. The van der Waals surface area contributed by atoms with E-state index in [-0.39, 0.29) is 30.0 Å². The van der Waals surface area contributed by atoms with Crippen molar-refractivity contribution in [2.24, 2.45) is 4.99 Å². The first-order valence-corrected chi connectivity index (χ1v) is 8.66. The molecule has 0 aromatic heterocycles. The topological polar surface area (TPSA) is 36.4 Å². The van der Waals surface area contributed by atoms with E-state index in [2.05, 4.69) is 28.8 Å². The van der Waals surface area contributed by atoms with Gasteiger partial charge in [0.1, 0.15) is 0 Å². The Labute approximate surface area is 154 Å². The molecule has 1 rings (SSSR count). The van der Waals surface area contributed by atoms with E-state index in [0.29, 0.717) is 0 Å². The van der Waals surface area contributed by atoms with Crippen molar-refractivity contribution in [1.82, 2.24) is 10.6 Å². The largest absolute Gasteiger partial charge is 0.356 e. The van der Waals surface area contributed by atoms with Crippen LogP contribution in [0.5, 0.6) is 0 Å². The van der Waals surface area contributed by atoms with Crippen molar-refractivity contribution in [2.45, 2.75) is 25.8 Å². The number of nitrogens with zero attached hydrogens (tertiary/aromatic N) is 1. The highest BCUT2D eigenvalue weighted by Crippen LogP contribution is 2.21. The van der Waals surface area contributed by atoms with Crippen molar-refractivity contribution < 1.29 is 0 Å². The average Bonchev–Trinajstić information content (AvgIpc) is 2.46. The van der Waals surface area contributed by atoms with E-state index in [4.69, 9.17) is 11.6 Å². The third kappa shape index (κ3) is 8.16. The van der Waals surface area contributed by atoms with Gasteiger partial charge in [-0.15, -0.1) is 24.0 Å². The lowest BCUT2D eigenvalue weighted by Gasteiger charge is -2.19. The van der Waals surface area contributed by atoms with Crippen LogP contribution >= 0.6 is 47.3 Å². The molecule has 0 saturated heterocycles. The Morgan fingerprint density at radius 3 is 2.67 bits per heavy atom. The van der Waals surface area contributed by atoms with E-state index >= 15 is 0 Å². The maximum Gasteiger partial charge on any atom is 0.191 e. The molecule has 0 fully saturated rings. The van der Waals surface area contributed by atoms with Crippen molar-refractivity contribution in [1.29, 1.82) is 0 Å². The Hall–Kier alpha value is -0.140. The first kappa shape index (κ1) is 20.9. The van der Waals surface area contributed by atoms with Crippen molar-refractivity contribution >= 4 is 53.3 Å². The molecule has 1 aromatic rings. The molecule has 1 unspecified atom stereocenters. The summed E-state index contributed by atoms with van der Waals surface area (Å²) in [7, 11) is 1.79. The van der Waals surface area contributed by atoms with Gasteiger partial charge in [-0.2, -0.15) is 11.8 Å². The Kier molecular flexibility index (Phi) is 12.3. The number of benzene rings is 1. The molecule has 2 N–H and O–H groups in total. The minimum atomic E-state index is 0. The molecule has 1 atom stereocenters. The number of thioether (sulfide) groups is 1. The van der Waals surface area contributed by atoms with Gasteiger partial charge in [-0.05, 0) is 43.4 Å². The maximum absolute atomic E-state index is 6.20. The molecule has 0 heterocycles. The van der Waals surface area contributed by atoms with E-state index in [0.717, 1.165) is 29.5 Å². The van der Waals surface area contributed by atoms with E-state index in [1.54, 1.807) is 7.05 Å². The maximum atomic E-state index is 6.20. The zero-order chi connectivity index (χ0) is 14.8. The fraction of sp³-hybridized carbons (Fsp3) is 0.533. The number of hydrogen-bond acceptors (Lipinski definition) is 2. The fourth-order valence-corrected chi connectivity index (χ4v) is 2.67. The average molecular weight is 442 g/mol. The van der Waals surface area contributed by atoms with Gasteiger partial charge in [0.2, 0.25) is 0 Å². The van der Waals surface area contributed by atoms with Gasteiger partial charge in [-0.3, -0.25) is 4.99 Å². The molecule has 0 amide bonds. The minimum Gasteiger partial charge on any atom is -0.356 e. The summed E-state index contributed by atoms with van der Waals surface area (Å²) in [6.07, 6.45) is 4.52. The highest BCUT2D eigenvalue weighted by atomic mass is 127. The van der Waals surface area contributed by atoms with Crippen LogP contribution in [0.2, 0.25) is 5.02 Å². The predicted octanol–water partition coefficient (Wildman–Crippen LogP) is 4.33. The minimum absolute atomic E-state index is 0. The van der Waals surface area contributed by atoms with Crippen LogP contribution < -0.4 is 10.6 Å². The molecule has 21 heavy (non-hydrogen) atoms. The molecule has 0 radical (unpaired) electrons. The molecule has 1 aromatic carbocycles. The third-order valence-electron chi connectivity index (χ3n) is 3.02. The molecule has 0 aliphatic rings. The standard InChI is InChI=1S/C15H24ClN3S.HI/c1-12(13-8-4-5-9-14(13)16)19-15(17-2)18-10-6-7-11-20-3;/h4-5,8-9,12H,6-7,10-11H2,1-3H3,(H2,17,18,19);1H. The van der Waals surface area contributed by atoms with Crippen LogP contribution in [0, 0.1) is 0 Å². The summed E-state index contributed by atoms with van der Waals surface area (Å²) in [6, 6.07) is 8.01. The van der Waals surface area contributed by atoms with E-state index in [1.165, 1.54) is 12.2 Å². The van der Waals surface area contributed by atoms with Crippen molar-refractivity contribution in [3.05, 3.63) is 34.9 Å². The summed E-state index contributed by atoms with van der Waals surface area (Å²) in [5, 5.41) is 7.48. The summed E-state index contributed by atoms with van der Waals surface area (Å²) in [4.78, 5) is 4.25. The fourth-order valence-electron chi connectivity index (χ4n) is 1.88. The predicted molar refractivity (Wildman–Crippen MR) is 107 cm³/mol. The zero-order valence-electron chi connectivity index (χ0n) is 12.9. The van der Waals surface area contributed by atoms with Crippen LogP contribution in [0.3, 0.4) is 0 Å². The van der Waals surface area contributed by atoms with E-state index < -0.39 is 0 Å². The van der Waals surface area contributed by atoms with Crippen molar-refractivity contribution in [2.75, 3.05) is 25.6 Å². The number of aliphatic imine (C=N–C) groups is 1. The van der Waals surface area contributed by atoms with Crippen LogP contribution in [0.1, 0.15) is 31.4 Å². The highest BCUT2D eigenvalue weighted by molar-refractivity contribution is 14.0. The second kappa shape index (κ2) is 12.4. The Morgan fingerprint density at radius 1 is 1.33 bits per heavy atom. The van der Waals surface area contributed by atoms with Crippen LogP contribution in [0.4, 0.5) is 0 Å². The van der Waals surface area contributed by atoms with E-state index in [1.807, 2.05) is 36.0 Å². The number of nitrogens with one attached hydrogen (secondary N) is 2. The van der Waals surface area contributed by atoms with Crippen molar-refractivity contribution in [3.8, 4) is 0 Å². The summed E-state index contributed by atoms with van der Waals surface area (Å²) in [5.74, 6) is 2.03. The quantitative estimate of drug-likeness (QED) is 0.286. The van der Waals surface area contributed by atoms with Gasteiger partial charge in [0.15, 0.2) is 5.96 Å². The molecule has 120 valence electrons. The van der Waals surface area contributed by atoms with Gasteiger partial charge in [0, 0.05) is 18.6 Å². The molecule has 3 nitrogen and oxygen atoms in total. The van der Waals surface area contributed by atoms with Crippen molar-refractivity contribution in [3.63, 3.8) is 0 Å². The summed E-state index contributed by atoms with van der Waals surface area (Å²) < 4.78 is 0. The molecule has 0 aliphatic heterocycles. The molecule has 0 bridgehead atoms. The van der Waals surface area contributed by atoms with Gasteiger partial charge in [0.05, 0.1) is 6.04 Å². The van der Waals surface area contributed by atoms with Gasteiger partial charge >= 0.3 is 0 Å². The number of halogens is 2. The van der Waals surface area contributed by atoms with Crippen LogP contribution in [0.15, 0.2) is 29.3 Å². The Morgan fingerprint density at radius 2 is 2.05 bits per heavy atom. The summed E-state index contributed by atoms with van der Waals surface area (Å²) in [6.45, 7) is 3.03. The molecular formula is C15H25ClIN3S. The number of guanidine groups is 1. The lowest BCUT2D eigenvalue weighted by molar-refractivity contribution is 0.672. The SMILES string of the molecule is CN=C(NCCCCSC)NC(C)c1ccccc1Cl.I. The lowest BCUT2D eigenvalue weighted by atomic mass is 10.1. The van der Waals surface area contributed by atoms with Crippen LogP contribution in [-0.4, -0.2) is 31.6 Å². The molecule has 6 heteroatoms. The summed E-state index contributed by atoms with van der Waals surface area (Å²) >= 11 is 8.09. The van der Waals surface area contributed by atoms with Crippen LogP contribution in [0.25, 0.3) is 0 Å². The highest BCUT2D eigenvalue weighted by Gasteiger charge is 2.10. The summed E-state index contributed by atoms with van der Waals surface area (Å²) in [5.41, 5.74) is 1.08. The zero-order valence-corrected chi connectivity index (χ0v) is 16.8. The molecule has 0 spiro atoms. The Balaban J connectivity index is 0.00000400. The van der Waals surface area contributed by atoms with Crippen LogP contribution in [-0.2, 0) is 0 Å². The second-order valence-electron chi connectivity index (χ2n) is 4.59. The van der Waals surface area contributed by atoms with Gasteiger partial charge in [-0.25, -0.2) is 0 Å². The second-order valence-corrected chi connectivity index (χ2v) is 5.98. The number of hydrogen-bond donors (Lipinski definition) is 2. The Bertz CT molecular complexity index is 429. The van der Waals surface area contributed by atoms with Gasteiger partial charge < -0.3 is 10.6 Å². The smallest absolute Gasteiger partial charge is 0.191 e. The van der Waals surface area contributed by atoms with Gasteiger partial charge in [0.25, 0.3) is 0 Å². The molecule has 0 saturated carbocycles. The first-order chi connectivity index (χ1) is 9.69. The van der Waals surface area contributed by atoms with Gasteiger partial charge in [-0.1, -0.05) is 29.8 Å². The number of unbranched alkanes of at least 4 members (excludes halogenated alkanes) is 1. The normalized spacial score (nSPS) is 12.5. The molecule has 0 aliphatic carbocycles. The third-order valence-corrected chi connectivity index (χ3v) is 4.06. The lowest BCUT2D eigenvalue weighted by Crippen LogP contribution is -2.39. The monoisotopic (exact) mass is 441 g/mol.